The van der Waals surface area contributed by atoms with Crippen LogP contribution in [0.5, 0.6) is 0 Å². The van der Waals surface area contributed by atoms with E-state index in [0.29, 0.717) is 26.2 Å². The third kappa shape index (κ3) is 3.85. The molecule has 1 aliphatic rings. The van der Waals surface area contributed by atoms with E-state index >= 15 is 0 Å². The molecule has 1 aromatic heterocycles. The predicted molar refractivity (Wildman–Crippen MR) is 93.3 cm³/mol. The fourth-order valence-corrected chi connectivity index (χ4v) is 2.75. The summed E-state index contributed by atoms with van der Waals surface area (Å²) in [6, 6.07) is 8.52. The number of aryl methyl sites for hydroxylation is 1. The summed E-state index contributed by atoms with van der Waals surface area (Å²) in [5.74, 6) is -1.54. The predicted octanol–water partition coefficient (Wildman–Crippen LogP) is 2.28. The summed E-state index contributed by atoms with van der Waals surface area (Å²) in [5.41, 5.74) is 1.72. The van der Waals surface area contributed by atoms with Gasteiger partial charge in [0.2, 0.25) is 0 Å². The number of carbonyl (C=O) groups is 3. The number of anilines is 1. The minimum absolute atomic E-state index is 0.0138. The van der Waals surface area contributed by atoms with Gasteiger partial charge >= 0.3 is 12.0 Å². The van der Waals surface area contributed by atoms with Gasteiger partial charge in [-0.05, 0) is 24.6 Å². The van der Waals surface area contributed by atoms with Gasteiger partial charge in [-0.2, -0.15) is 0 Å². The second kappa shape index (κ2) is 7.30. The van der Waals surface area contributed by atoms with Crippen molar-refractivity contribution in [2.75, 3.05) is 31.5 Å². The molecule has 0 unspecified atom stereocenters. The summed E-state index contributed by atoms with van der Waals surface area (Å²) in [6.45, 7) is 3.42. The van der Waals surface area contributed by atoms with Crippen LogP contribution in [0.2, 0.25) is 0 Å². The Hall–Kier alpha value is -3.29. The molecular weight excluding hydrogens is 338 g/mol. The van der Waals surface area contributed by atoms with Gasteiger partial charge in [0.1, 0.15) is 6.26 Å². The number of urea groups is 1. The van der Waals surface area contributed by atoms with E-state index in [4.69, 9.17) is 9.52 Å². The van der Waals surface area contributed by atoms with Crippen LogP contribution in [0.1, 0.15) is 26.5 Å². The lowest BCUT2D eigenvalue weighted by Crippen LogP contribution is -2.51. The first-order chi connectivity index (χ1) is 12.4. The van der Waals surface area contributed by atoms with E-state index < -0.39 is 5.97 Å². The van der Waals surface area contributed by atoms with Gasteiger partial charge < -0.3 is 24.6 Å². The lowest BCUT2D eigenvalue weighted by atomic mass is 10.2. The zero-order valence-electron chi connectivity index (χ0n) is 14.3. The molecule has 0 bridgehead atoms. The van der Waals surface area contributed by atoms with Gasteiger partial charge in [0.05, 0.1) is 5.56 Å². The number of benzene rings is 1. The molecule has 1 aromatic carbocycles. The first kappa shape index (κ1) is 17.5. The molecule has 0 aliphatic carbocycles. The number of carboxylic acid groups (broad SMARTS) is 1. The Morgan fingerprint density at radius 3 is 2.38 bits per heavy atom. The summed E-state index contributed by atoms with van der Waals surface area (Å²) in [5, 5.41) is 11.7. The summed E-state index contributed by atoms with van der Waals surface area (Å²) >= 11 is 0. The summed E-state index contributed by atoms with van der Waals surface area (Å²) in [6.07, 6.45) is 1.04. The normalized spacial score (nSPS) is 14.2. The van der Waals surface area contributed by atoms with Crippen molar-refractivity contribution in [3.63, 3.8) is 0 Å². The van der Waals surface area contributed by atoms with Gasteiger partial charge in [-0.1, -0.05) is 12.1 Å². The molecule has 26 heavy (non-hydrogen) atoms. The van der Waals surface area contributed by atoms with Gasteiger partial charge in [-0.25, -0.2) is 9.59 Å². The zero-order chi connectivity index (χ0) is 18.7. The van der Waals surface area contributed by atoms with Crippen molar-refractivity contribution >= 4 is 23.6 Å². The molecule has 3 rings (SSSR count). The third-order valence-corrected chi connectivity index (χ3v) is 4.18. The SMILES string of the molecule is Cc1cccc(NC(=O)N2CCN(C(=O)c3cc(C(=O)O)co3)CC2)c1. The standard InChI is InChI=1S/C18H19N3O5/c1-12-3-2-4-14(9-12)19-18(25)21-7-5-20(6-8-21)16(22)15-10-13(11-26-15)17(23)24/h2-4,9-11H,5-8H2,1H3,(H,19,25)(H,23,24). The maximum atomic E-state index is 12.4. The Balaban J connectivity index is 1.55. The summed E-state index contributed by atoms with van der Waals surface area (Å²) in [7, 11) is 0. The zero-order valence-corrected chi connectivity index (χ0v) is 14.3. The van der Waals surface area contributed by atoms with Crippen molar-refractivity contribution in [3.8, 4) is 0 Å². The fourth-order valence-electron chi connectivity index (χ4n) is 2.75. The van der Waals surface area contributed by atoms with Crippen LogP contribution >= 0.6 is 0 Å². The largest absolute Gasteiger partial charge is 0.478 e. The van der Waals surface area contributed by atoms with Crippen LogP contribution in [0.25, 0.3) is 0 Å². The van der Waals surface area contributed by atoms with Crippen LogP contribution in [-0.4, -0.2) is 59.0 Å². The number of amides is 3. The number of hydrogen-bond acceptors (Lipinski definition) is 4. The maximum absolute atomic E-state index is 12.4. The lowest BCUT2D eigenvalue weighted by Gasteiger charge is -2.34. The molecule has 0 radical (unpaired) electrons. The third-order valence-electron chi connectivity index (χ3n) is 4.18. The highest BCUT2D eigenvalue weighted by Gasteiger charge is 2.27. The number of nitrogens with zero attached hydrogens (tertiary/aromatic N) is 2. The van der Waals surface area contributed by atoms with Crippen molar-refractivity contribution < 1.29 is 23.9 Å². The second-order valence-corrected chi connectivity index (χ2v) is 6.08. The molecule has 136 valence electrons. The molecular formula is C18H19N3O5. The molecule has 1 fully saturated rings. The molecule has 2 heterocycles. The number of hydrogen-bond donors (Lipinski definition) is 2. The minimum Gasteiger partial charge on any atom is -0.478 e. The molecule has 3 amide bonds. The molecule has 2 N–H and O–H groups in total. The smallest absolute Gasteiger partial charge is 0.338 e. The first-order valence-corrected chi connectivity index (χ1v) is 8.18. The Labute approximate surface area is 150 Å². The number of rotatable bonds is 3. The Morgan fingerprint density at radius 1 is 1.08 bits per heavy atom. The maximum Gasteiger partial charge on any atom is 0.338 e. The number of piperazine rings is 1. The molecule has 2 aromatic rings. The molecule has 1 saturated heterocycles. The van der Waals surface area contributed by atoms with E-state index in [0.717, 1.165) is 17.5 Å². The molecule has 0 spiro atoms. The van der Waals surface area contributed by atoms with Gasteiger partial charge in [0.25, 0.3) is 5.91 Å². The average Bonchev–Trinajstić information content (AvgIpc) is 3.12. The van der Waals surface area contributed by atoms with Gasteiger partial charge in [0, 0.05) is 37.9 Å². The highest BCUT2D eigenvalue weighted by Crippen LogP contribution is 2.14. The van der Waals surface area contributed by atoms with Crippen LogP contribution in [0.15, 0.2) is 41.0 Å². The topological polar surface area (TPSA) is 103 Å². The number of carboxylic acids is 1. The van der Waals surface area contributed by atoms with E-state index in [9.17, 15) is 14.4 Å². The average molecular weight is 357 g/mol. The van der Waals surface area contributed by atoms with Gasteiger partial charge in [-0.15, -0.1) is 0 Å². The van der Waals surface area contributed by atoms with Crippen LogP contribution in [0.3, 0.4) is 0 Å². The van der Waals surface area contributed by atoms with Gasteiger partial charge in [0.15, 0.2) is 5.76 Å². The van der Waals surface area contributed by atoms with Crippen LogP contribution < -0.4 is 5.32 Å². The Morgan fingerprint density at radius 2 is 1.77 bits per heavy atom. The van der Waals surface area contributed by atoms with Crippen molar-refractivity contribution in [1.82, 2.24) is 9.80 Å². The van der Waals surface area contributed by atoms with Crippen LogP contribution in [0.4, 0.5) is 10.5 Å². The van der Waals surface area contributed by atoms with Crippen molar-refractivity contribution in [2.24, 2.45) is 0 Å². The molecule has 8 nitrogen and oxygen atoms in total. The summed E-state index contributed by atoms with van der Waals surface area (Å²) < 4.78 is 5.04. The lowest BCUT2D eigenvalue weighted by molar-refractivity contribution is 0.0639. The highest BCUT2D eigenvalue weighted by molar-refractivity contribution is 5.95. The molecule has 1 aliphatic heterocycles. The van der Waals surface area contributed by atoms with E-state index in [2.05, 4.69) is 5.32 Å². The van der Waals surface area contributed by atoms with Gasteiger partial charge in [-0.3, -0.25) is 4.79 Å². The van der Waals surface area contributed by atoms with Crippen molar-refractivity contribution in [3.05, 3.63) is 53.5 Å². The molecule has 0 atom stereocenters. The Bertz CT molecular complexity index is 837. The number of furan rings is 1. The minimum atomic E-state index is -1.15. The highest BCUT2D eigenvalue weighted by atomic mass is 16.4. The number of nitrogens with one attached hydrogen (secondary N) is 1. The van der Waals surface area contributed by atoms with Crippen molar-refractivity contribution in [2.45, 2.75) is 6.92 Å². The van der Waals surface area contributed by atoms with Crippen LogP contribution in [-0.2, 0) is 0 Å². The first-order valence-electron chi connectivity index (χ1n) is 8.18. The van der Waals surface area contributed by atoms with E-state index in [1.54, 1.807) is 9.80 Å². The number of aromatic carboxylic acids is 1. The van der Waals surface area contributed by atoms with Crippen LogP contribution in [0, 0.1) is 6.92 Å². The quantitative estimate of drug-likeness (QED) is 0.877. The monoisotopic (exact) mass is 357 g/mol. The van der Waals surface area contributed by atoms with E-state index in [1.165, 1.54) is 6.07 Å². The second-order valence-electron chi connectivity index (χ2n) is 6.08. The van der Waals surface area contributed by atoms with E-state index in [-0.39, 0.29) is 23.3 Å². The Kier molecular flexibility index (Phi) is 4.92. The fraction of sp³-hybridized carbons (Fsp3) is 0.278. The summed E-state index contributed by atoms with van der Waals surface area (Å²) in [4.78, 5) is 38.7. The number of carbonyl (C=O) groups excluding carboxylic acids is 2. The molecule has 8 heteroatoms. The van der Waals surface area contributed by atoms with Crippen molar-refractivity contribution in [1.29, 1.82) is 0 Å². The van der Waals surface area contributed by atoms with E-state index in [1.807, 2.05) is 31.2 Å². The molecule has 0 saturated carbocycles.